The Morgan fingerprint density at radius 3 is 1.93 bits per heavy atom. The van der Waals surface area contributed by atoms with Gasteiger partial charge < -0.3 is 4.57 Å². The molecule has 0 bridgehead atoms. The summed E-state index contributed by atoms with van der Waals surface area (Å²) in [4.78, 5) is 4.34. The largest absolute Gasteiger partial charge is 0.327 e. The molecular formula is C26H24N2. The van der Waals surface area contributed by atoms with Crippen molar-refractivity contribution in [3.8, 4) is 0 Å². The molecule has 0 radical (unpaired) electrons. The first-order chi connectivity index (χ1) is 13.9. The first-order valence-corrected chi connectivity index (χ1v) is 9.70. The van der Waals surface area contributed by atoms with Crippen molar-refractivity contribution < 1.29 is 0 Å². The van der Waals surface area contributed by atoms with Crippen LogP contribution in [0.25, 0.3) is 6.08 Å². The fraction of sp³-hybridized carbons (Fsp3) is 0.115. The van der Waals surface area contributed by atoms with Gasteiger partial charge in [0.05, 0.1) is 18.2 Å². The molecular weight excluding hydrogens is 340 g/mol. The number of nitrogens with zero attached hydrogens (tertiary/aromatic N) is 2. The SMILES string of the molecule is C(=C\c1cncn1Cc1ccccc1)/CC(c1ccccc1)c1ccccc1. The summed E-state index contributed by atoms with van der Waals surface area (Å²) < 4.78 is 2.19. The Balaban J connectivity index is 1.52. The summed E-state index contributed by atoms with van der Waals surface area (Å²) in [5, 5.41) is 0. The van der Waals surface area contributed by atoms with E-state index in [1.54, 1.807) is 0 Å². The van der Waals surface area contributed by atoms with Crippen LogP contribution < -0.4 is 0 Å². The second kappa shape index (κ2) is 9.01. The molecule has 0 spiro atoms. The van der Waals surface area contributed by atoms with Crippen molar-refractivity contribution in [2.45, 2.75) is 18.9 Å². The topological polar surface area (TPSA) is 17.8 Å². The molecule has 0 aliphatic carbocycles. The average molecular weight is 364 g/mol. The third-order valence-electron chi connectivity index (χ3n) is 5.00. The van der Waals surface area contributed by atoms with Crippen molar-refractivity contribution in [1.29, 1.82) is 0 Å². The molecule has 0 saturated carbocycles. The summed E-state index contributed by atoms with van der Waals surface area (Å²) >= 11 is 0. The fourth-order valence-electron chi connectivity index (χ4n) is 3.54. The van der Waals surface area contributed by atoms with Crippen LogP contribution in [0.2, 0.25) is 0 Å². The first-order valence-electron chi connectivity index (χ1n) is 9.70. The molecule has 0 aliphatic heterocycles. The highest BCUT2D eigenvalue weighted by molar-refractivity contribution is 5.45. The average Bonchev–Trinajstić information content (AvgIpc) is 3.20. The van der Waals surface area contributed by atoms with Crippen molar-refractivity contribution >= 4 is 6.08 Å². The predicted molar refractivity (Wildman–Crippen MR) is 116 cm³/mol. The summed E-state index contributed by atoms with van der Waals surface area (Å²) in [6, 6.07) is 32.0. The number of hydrogen-bond acceptors (Lipinski definition) is 1. The lowest BCUT2D eigenvalue weighted by molar-refractivity contribution is 0.787. The molecule has 28 heavy (non-hydrogen) atoms. The predicted octanol–water partition coefficient (Wildman–Crippen LogP) is 6.17. The lowest BCUT2D eigenvalue weighted by Gasteiger charge is -2.16. The molecule has 4 aromatic rings. The van der Waals surface area contributed by atoms with Gasteiger partial charge in [0.15, 0.2) is 0 Å². The quantitative estimate of drug-likeness (QED) is 0.383. The van der Waals surface area contributed by atoms with Gasteiger partial charge in [0.25, 0.3) is 0 Å². The van der Waals surface area contributed by atoms with Gasteiger partial charge >= 0.3 is 0 Å². The van der Waals surface area contributed by atoms with Crippen LogP contribution in [-0.4, -0.2) is 9.55 Å². The first kappa shape index (κ1) is 18.0. The van der Waals surface area contributed by atoms with Crippen molar-refractivity contribution in [3.05, 3.63) is 132 Å². The number of allylic oxidation sites excluding steroid dienone is 1. The van der Waals surface area contributed by atoms with Crippen LogP contribution in [-0.2, 0) is 6.54 Å². The van der Waals surface area contributed by atoms with E-state index in [4.69, 9.17) is 0 Å². The lowest BCUT2D eigenvalue weighted by Crippen LogP contribution is -2.01. The molecule has 1 heterocycles. The highest BCUT2D eigenvalue weighted by Gasteiger charge is 2.12. The summed E-state index contributed by atoms with van der Waals surface area (Å²) in [5.74, 6) is 0.351. The van der Waals surface area contributed by atoms with Crippen LogP contribution in [0.1, 0.15) is 34.7 Å². The lowest BCUT2D eigenvalue weighted by atomic mass is 9.88. The molecule has 0 amide bonds. The van der Waals surface area contributed by atoms with E-state index in [1.807, 2.05) is 18.6 Å². The third-order valence-corrected chi connectivity index (χ3v) is 5.00. The molecule has 0 saturated heterocycles. The molecule has 2 nitrogen and oxygen atoms in total. The van der Waals surface area contributed by atoms with Crippen LogP contribution in [0.4, 0.5) is 0 Å². The zero-order valence-corrected chi connectivity index (χ0v) is 15.9. The van der Waals surface area contributed by atoms with E-state index in [-0.39, 0.29) is 0 Å². The van der Waals surface area contributed by atoms with E-state index < -0.39 is 0 Å². The van der Waals surface area contributed by atoms with Crippen molar-refractivity contribution in [2.24, 2.45) is 0 Å². The van der Waals surface area contributed by atoms with E-state index in [0.29, 0.717) is 5.92 Å². The minimum absolute atomic E-state index is 0.351. The molecule has 3 aromatic carbocycles. The van der Waals surface area contributed by atoms with Gasteiger partial charge in [0.2, 0.25) is 0 Å². The summed E-state index contributed by atoms with van der Waals surface area (Å²) in [5.41, 5.74) is 5.10. The van der Waals surface area contributed by atoms with Gasteiger partial charge in [-0.2, -0.15) is 0 Å². The zero-order chi connectivity index (χ0) is 19.0. The third kappa shape index (κ3) is 4.47. The van der Waals surface area contributed by atoms with Gasteiger partial charge in [-0.1, -0.05) is 97.1 Å². The van der Waals surface area contributed by atoms with Crippen molar-refractivity contribution in [2.75, 3.05) is 0 Å². The Kier molecular flexibility index (Phi) is 5.79. The Bertz CT molecular complexity index is 963. The maximum absolute atomic E-state index is 4.34. The summed E-state index contributed by atoms with van der Waals surface area (Å²) in [7, 11) is 0. The Morgan fingerprint density at radius 1 is 0.750 bits per heavy atom. The van der Waals surface area contributed by atoms with E-state index in [0.717, 1.165) is 18.7 Å². The van der Waals surface area contributed by atoms with E-state index >= 15 is 0 Å². The van der Waals surface area contributed by atoms with Gasteiger partial charge in [-0.3, -0.25) is 0 Å². The van der Waals surface area contributed by atoms with Crippen molar-refractivity contribution in [1.82, 2.24) is 9.55 Å². The highest BCUT2D eigenvalue weighted by atomic mass is 15.0. The second-order valence-corrected chi connectivity index (χ2v) is 6.94. The van der Waals surface area contributed by atoms with E-state index in [1.165, 1.54) is 16.7 Å². The maximum atomic E-state index is 4.34. The summed E-state index contributed by atoms with van der Waals surface area (Å²) in [6.07, 6.45) is 9.24. The number of rotatable bonds is 7. The van der Waals surface area contributed by atoms with E-state index in [2.05, 4.69) is 107 Å². The van der Waals surface area contributed by atoms with Gasteiger partial charge in [-0.05, 0) is 29.2 Å². The van der Waals surface area contributed by atoms with Gasteiger partial charge in [-0.15, -0.1) is 0 Å². The standard InChI is InChI=1S/C26H24N2/c1-4-11-22(12-5-1)20-28-21-27-19-25(28)17-10-18-26(23-13-6-2-7-14-23)24-15-8-3-9-16-24/h1-17,19,21,26H,18,20H2/b17-10+. The number of benzene rings is 3. The van der Waals surface area contributed by atoms with Gasteiger partial charge in [0.1, 0.15) is 0 Å². The van der Waals surface area contributed by atoms with Crippen LogP contribution in [0.3, 0.4) is 0 Å². The normalized spacial score (nSPS) is 11.3. The minimum atomic E-state index is 0.351. The number of aromatic nitrogens is 2. The van der Waals surface area contributed by atoms with Gasteiger partial charge in [0, 0.05) is 12.5 Å². The summed E-state index contributed by atoms with van der Waals surface area (Å²) in [6.45, 7) is 0.835. The monoisotopic (exact) mass is 364 g/mol. The molecule has 4 rings (SSSR count). The molecule has 2 heteroatoms. The molecule has 0 fully saturated rings. The van der Waals surface area contributed by atoms with Crippen LogP contribution in [0, 0.1) is 0 Å². The highest BCUT2D eigenvalue weighted by Crippen LogP contribution is 2.28. The molecule has 0 aliphatic rings. The Hall–Kier alpha value is -3.39. The number of imidazole rings is 1. The van der Waals surface area contributed by atoms with Crippen molar-refractivity contribution in [3.63, 3.8) is 0 Å². The van der Waals surface area contributed by atoms with Crippen LogP contribution in [0.5, 0.6) is 0 Å². The molecule has 138 valence electrons. The zero-order valence-electron chi connectivity index (χ0n) is 15.9. The second-order valence-electron chi connectivity index (χ2n) is 6.94. The molecule has 0 N–H and O–H groups in total. The maximum Gasteiger partial charge on any atom is 0.0953 e. The van der Waals surface area contributed by atoms with Crippen LogP contribution in [0.15, 0.2) is 110 Å². The smallest absolute Gasteiger partial charge is 0.0953 e. The minimum Gasteiger partial charge on any atom is -0.327 e. The van der Waals surface area contributed by atoms with E-state index in [9.17, 15) is 0 Å². The Morgan fingerprint density at radius 2 is 1.32 bits per heavy atom. The molecule has 0 unspecified atom stereocenters. The number of hydrogen-bond donors (Lipinski definition) is 0. The Labute approximate surface area is 166 Å². The van der Waals surface area contributed by atoms with Gasteiger partial charge in [-0.25, -0.2) is 4.98 Å². The molecule has 1 aromatic heterocycles. The fourth-order valence-corrected chi connectivity index (χ4v) is 3.54. The van der Waals surface area contributed by atoms with Crippen LogP contribution >= 0.6 is 0 Å². The molecule has 0 atom stereocenters.